The van der Waals surface area contributed by atoms with Gasteiger partial charge >= 0.3 is 36.9 Å². The molecule has 0 fully saturated rings. The van der Waals surface area contributed by atoms with Crippen molar-refractivity contribution in [2.24, 2.45) is 0 Å². The molecular weight excluding hydrogens is 672 g/mol. The molecule has 0 saturated carbocycles. The van der Waals surface area contributed by atoms with Crippen LogP contribution in [0.1, 0.15) is 52.4 Å². The molecule has 0 saturated heterocycles. The Kier molecular flexibility index (Phi) is 18.1. The second-order valence-corrected chi connectivity index (χ2v) is 9.11. The summed E-state index contributed by atoms with van der Waals surface area (Å²) in [7, 11) is 0. The van der Waals surface area contributed by atoms with Crippen LogP contribution in [0.25, 0.3) is 0 Å². The van der Waals surface area contributed by atoms with E-state index in [2.05, 4.69) is 23.7 Å². The molecule has 0 heterocycles. The highest BCUT2D eigenvalue weighted by Crippen LogP contribution is 2.36. The van der Waals surface area contributed by atoms with Crippen molar-refractivity contribution in [3.8, 4) is 0 Å². The van der Waals surface area contributed by atoms with E-state index in [9.17, 15) is 70.2 Å². The first-order chi connectivity index (χ1) is 20.4. The first-order valence-electron chi connectivity index (χ1n) is 12.9. The van der Waals surface area contributed by atoms with E-state index in [1.807, 2.05) is 0 Å². The van der Waals surface area contributed by atoms with E-state index in [-0.39, 0.29) is 12.8 Å². The maximum absolute atomic E-state index is 13.4. The van der Waals surface area contributed by atoms with E-state index < -0.39 is 112 Å². The maximum Gasteiger partial charge on any atom is 0.416 e. The summed E-state index contributed by atoms with van der Waals surface area (Å²) in [5.41, 5.74) is 0. The van der Waals surface area contributed by atoms with Crippen LogP contribution < -0.4 is 0 Å². The first kappa shape index (κ1) is 43.0. The molecule has 0 aliphatic rings. The maximum atomic E-state index is 13.4. The van der Waals surface area contributed by atoms with Crippen molar-refractivity contribution in [1.82, 2.24) is 0 Å². The number of alkyl halides is 12. The van der Waals surface area contributed by atoms with Crippen LogP contribution in [0.4, 0.5) is 70.2 Å². The zero-order chi connectivity index (χ0) is 35.2. The van der Waals surface area contributed by atoms with Gasteiger partial charge in [0.2, 0.25) is 0 Å². The van der Waals surface area contributed by atoms with Gasteiger partial charge in [0.05, 0.1) is 13.2 Å². The Morgan fingerprint density at radius 3 is 0.978 bits per heavy atom. The van der Waals surface area contributed by atoms with Crippen molar-refractivity contribution in [2.75, 3.05) is 26.4 Å². The minimum atomic E-state index is -5.75. The van der Waals surface area contributed by atoms with E-state index >= 15 is 0 Å². The van der Waals surface area contributed by atoms with E-state index in [1.165, 1.54) is 13.8 Å². The van der Waals surface area contributed by atoms with Gasteiger partial charge in [-0.25, -0.2) is 0 Å². The first-order valence-corrected chi connectivity index (χ1v) is 12.9. The summed E-state index contributed by atoms with van der Waals surface area (Å²) in [5.74, 6) is -4.76. The fourth-order valence-corrected chi connectivity index (χ4v) is 2.96. The van der Waals surface area contributed by atoms with Gasteiger partial charge in [-0.05, 0) is 12.8 Å². The summed E-state index contributed by atoms with van der Waals surface area (Å²) >= 11 is 0. The summed E-state index contributed by atoms with van der Waals surface area (Å²) in [4.78, 5) is 0. The highest BCUT2D eigenvalue weighted by Gasteiger charge is 2.48. The van der Waals surface area contributed by atoms with Gasteiger partial charge in [-0.2, -0.15) is 70.2 Å². The lowest BCUT2D eigenvalue weighted by Gasteiger charge is -2.27. The minimum Gasteiger partial charge on any atom is -0.455 e. The van der Waals surface area contributed by atoms with Crippen LogP contribution in [0.15, 0.2) is 23.7 Å². The zero-order valence-electron chi connectivity index (χ0n) is 23.5. The van der Waals surface area contributed by atoms with E-state index in [0.29, 0.717) is 12.8 Å². The van der Waals surface area contributed by atoms with Gasteiger partial charge in [-0.15, -0.1) is 0 Å². The molecule has 4 atom stereocenters. The van der Waals surface area contributed by atoms with Crippen LogP contribution >= 0.6 is 0 Å². The average Bonchev–Trinajstić information content (AvgIpc) is 2.86. The monoisotopic (exact) mass is 702 g/mol. The second kappa shape index (κ2) is 19.0. The molecule has 0 aromatic carbocycles. The molecule has 0 aliphatic carbocycles. The van der Waals surface area contributed by atoms with Crippen molar-refractivity contribution in [2.45, 2.75) is 101 Å². The van der Waals surface area contributed by atoms with E-state index in [1.54, 1.807) is 0 Å². The van der Waals surface area contributed by atoms with E-state index in [0.717, 1.165) is 0 Å². The lowest BCUT2D eigenvalue weighted by atomic mass is 10.2. The zero-order valence-corrected chi connectivity index (χ0v) is 23.5. The third-order valence-electron chi connectivity index (χ3n) is 5.40. The van der Waals surface area contributed by atoms with Crippen LogP contribution in [0, 0.1) is 0 Å². The second-order valence-electron chi connectivity index (χ2n) is 9.11. The van der Waals surface area contributed by atoms with Gasteiger partial charge in [0.15, 0.2) is 35.9 Å². The lowest BCUT2D eigenvalue weighted by molar-refractivity contribution is -0.266. The standard InChI is InChI=1S/C24H30F16O5/c1-3-5-7-41-17(23(35,36)37)11-43-15(21(29,30)31)9-13(19(25)26)45-14(20(27)28)10-16(22(32,33)34)44-12-18(24(38,39)40)42-8-6-4-2/h15-18H,3-12H2,1-2H3. The topological polar surface area (TPSA) is 46.2 Å². The molecule has 0 rings (SSSR count). The molecular formula is C24H30F16O5. The SMILES string of the molecule is CCCCOC(COC(CC(OC(CC(OCC(OCCCC)C(F)(F)F)C(F)(F)F)=C(F)F)=C(F)F)C(F)(F)F)C(F)(F)F. The predicted octanol–water partition coefficient (Wildman–Crippen LogP) is 9.39. The Labute approximate surface area is 246 Å². The summed E-state index contributed by atoms with van der Waals surface area (Å²) in [6, 6.07) is 0. The molecule has 0 radical (unpaired) electrons. The van der Waals surface area contributed by atoms with Crippen LogP contribution in [0.3, 0.4) is 0 Å². The van der Waals surface area contributed by atoms with Gasteiger partial charge in [0.25, 0.3) is 0 Å². The van der Waals surface area contributed by atoms with Crippen LogP contribution in [-0.4, -0.2) is 75.5 Å². The number of rotatable bonds is 20. The Hall–Kier alpha value is -2.00. The number of halogens is 16. The Balaban J connectivity index is 5.99. The third kappa shape index (κ3) is 17.5. The van der Waals surface area contributed by atoms with Gasteiger partial charge in [-0.3, -0.25) is 0 Å². The predicted molar refractivity (Wildman–Crippen MR) is 122 cm³/mol. The van der Waals surface area contributed by atoms with Crippen LogP contribution in [0.2, 0.25) is 0 Å². The summed E-state index contributed by atoms with van der Waals surface area (Å²) in [6.45, 7) is -1.93. The molecule has 0 aliphatic heterocycles. The molecule has 5 nitrogen and oxygen atoms in total. The van der Waals surface area contributed by atoms with Gasteiger partial charge in [0.1, 0.15) is 0 Å². The molecule has 0 aromatic heterocycles. The van der Waals surface area contributed by atoms with Gasteiger partial charge in [0, 0.05) is 26.1 Å². The van der Waals surface area contributed by atoms with E-state index in [4.69, 9.17) is 0 Å². The number of hydrogen-bond donors (Lipinski definition) is 0. The fraction of sp³-hybridized carbons (Fsp3) is 0.833. The molecule has 45 heavy (non-hydrogen) atoms. The highest BCUT2D eigenvalue weighted by molar-refractivity contribution is 5.06. The van der Waals surface area contributed by atoms with Crippen molar-refractivity contribution < 1.29 is 93.9 Å². The average molecular weight is 702 g/mol. The molecule has 0 amide bonds. The van der Waals surface area contributed by atoms with Crippen molar-refractivity contribution in [3.05, 3.63) is 23.7 Å². The number of hydrogen-bond acceptors (Lipinski definition) is 5. The van der Waals surface area contributed by atoms with Crippen LogP contribution in [0.5, 0.6) is 0 Å². The molecule has 4 unspecified atom stereocenters. The largest absolute Gasteiger partial charge is 0.455 e. The molecule has 0 spiro atoms. The van der Waals surface area contributed by atoms with Crippen molar-refractivity contribution in [3.63, 3.8) is 0 Å². The summed E-state index contributed by atoms with van der Waals surface area (Å²) < 4.78 is 234. The van der Waals surface area contributed by atoms with Gasteiger partial charge < -0.3 is 23.7 Å². The Bertz CT molecular complexity index is 831. The third-order valence-corrected chi connectivity index (χ3v) is 5.40. The Morgan fingerprint density at radius 2 is 0.756 bits per heavy atom. The summed E-state index contributed by atoms with van der Waals surface area (Å²) in [5, 5.41) is 0. The van der Waals surface area contributed by atoms with Crippen LogP contribution in [-0.2, 0) is 23.7 Å². The van der Waals surface area contributed by atoms with Crippen molar-refractivity contribution in [1.29, 1.82) is 0 Å². The van der Waals surface area contributed by atoms with Crippen molar-refractivity contribution >= 4 is 0 Å². The molecule has 0 aromatic rings. The highest BCUT2D eigenvalue weighted by atomic mass is 19.4. The van der Waals surface area contributed by atoms with Gasteiger partial charge in [-0.1, -0.05) is 26.7 Å². The molecule has 0 N–H and O–H groups in total. The quantitative estimate of drug-likeness (QED) is 0.0719. The molecule has 0 bridgehead atoms. The lowest BCUT2D eigenvalue weighted by Crippen LogP contribution is -2.41. The number of ether oxygens (including phenoxy) is 5. The molecule has 268 valence electrons. The smallest absolute Gasteiger partial charge is 0.416 e. The number of unbranched alkanes of at least 4 members (excludes halogenated alkanes) is 2. The Morgan fingerprint density at radius 1 is 0.467 bits per heavy atom. The molecule has 21 heteroatoms. The normalized spacial score (nSPS) is 15.8. The minimum absolute atomic E-state index is 0.0400. The summed E-state index contributed by atoms with van der Waals surface area (Å²) in [6.07, 6.45) is -45.8. The fourth-order valence-electron chi connectivity index (χ4n) is 2.96.